The fourth-order valence-corrected chi connectivity index (χ4v) is 6.13. The van der Waals surface area contributed by atoms with Gasteiger partial charge in [-0.1, -0.05) is 42.3 Å². The number of sulfonamides is 1. The molecular formula is C24H30ClN3O3S. The molecule has 172 valence electrons. The lowest BCUT2D eigenvalue weighted by Crippen LogP contribution is -2.48. The van der Waals surface area contributed by atoms with Gasteiger partial charge < -0.3 is 4.90 Å². The molecule has 6 nitrogen and oxygen atoms in total. The molecule has 1 amide bonds. The van der Waals surface area contributed by atoms with Crippen LogP contribution in [0.15, 0.2) is 47.4 Å². The minimum absolute atomic E-state index is 0.144. The number of piperidine rings is 1. The van der Waals surface area contributed by atoms with Crippen LogP contribution in [0.25, 0.3) is 0 Å². The van der Waals surface area contributed by atoms with Gasteiger partial charge in [-0.3, -0.25) is 9.69 Å². The molecule has 4 rings (SSSR count). The predicted molar refractivity (Wildman–Crippen MR) is 126 cm³/mol. The summed E-state index contributed by atoms with van der Waals surface area (Å²) >= 11 is 6.33. The number of hydrogen-bond acceptors (Lipinski definition) is 4. The fourth-order valence-electron chi connectivity index (χ4n) is 4.39. The summed E-state index contributed by atoms with van der Waals surface area (Å²) in [6.45, 7) is 6.73. The third-order valence-corrected chi connectivity index (χ3v) is 8.66. The quantitative estimate of drug-likeness (QED) is 0.660. The van der Waals surface area contributed by atoms with Crippen molar-refractivity contribution in [2.24, 2.45) is 0 Å². The number of nitrogens with zero attached hydrogens (tertiary/aromatic N) is 3. The molecule has 2 aromatic rings. The van der Waals surface area contributed by atoms with Crippen LogP contribution < -0.4 is 0 Å². The molecule has 2 aliphatic heterocycles. The molecule has 0 saturated carbocycles. The molecule has 0 unspecified atom stereocenters. The van der Waals surface area contributed by atoms with E-state index in [-0.39, 0.29) is 21.4 Å². The Bertz CT molecular complexity index is 1080. The van der Waals surface area contributed by atoms with Gasteiger partial charge in [0.2, 0.25) is 10.0 Å². The summed E-state index contributed by atoms with van der Waals surface area (Å²) in [6.07, 6.45) is 2.78. The Morgan fingerprint density at radius 1 is 0.938 bits per heavy atom. The molecule has 0 bridgehead atoms. The highest BCUT2D eigenvalue weighted by Gasteiger charge is 2.29. The molecule has 0 spiro atoms. The van der Waals surface area contributed by atoms with Gasteiger partial charge in [-0.2, -0.15) is 4.31 Å². The van der Waals surface area contributed by atoms with Crippen molar-refractivity contribution in [1.29, 1.82) is 0 Å². The van der Waals surface area contributed by atoms with Crippen LogP contribution in [-0.4, -0.2) is 67.7 Å². The zero-order chi connectivity index (χ0) is 22.7. The Morgan fingerprint density at radius 2 is 1.62 bits per heavy atom. The number of amides is 1. The lowest BCUT2D eigenvalue weighted by atomic mass is 10.1. The lowest BCUT2D eigenvalue weighted by Gasteiger charge is -2.35. The highest BCUT2D eigenvalue weighted by atomic mass is 35.5. The molecule has 2 saturated heterocycles. The molecule has 0 radical (unpaired) electrons. The molecule has 2 heterocycles. The second-order valence-corrected chi connectivity index (χ2v) is 10.9. The van der Waals surface area contributed by atoms with Gasteiger partial charge in [-0.25, -0.2) is 8.42 Å². The Morgan fingerprint density at radius 3 is 2.31 bits per heavy atom. The zero-order valence-electron chi connectivity index (χ0n) is 18.5. The number of carbonyl (C=O) groups is 1. The van der Waals surface area contributed by atoms with Crippen molar-refractivity contribution in [3.05, 3.63) is 64.2 Å². The summed E-state index contributed by atoms with van der Waals surface area (Å²) < 4.78 is 27.6. The third-order valence-electron chi connectivity index (χ3n) is 6.44. The first-order valence-electron chi connectivity index (χ1n) is 11.2. The first kappa shape index (κ1) is 23.2. The average Bonchev–Trinajstić information content (AvgIpc) is 2.81. The summed E-state index contributed by atoms with van der Waals surface area (Å²) in [5.41, 5.74) is 2.83. The van der Waals surface area contributed by atoms with Crippen LogP contribution in [0.3, 0.4) is 0 Å². The van der Waals surface area contributed by atoms with E-state index in [2.05, 4.69) is 30.0 Å². The number of halogens is 1. The predicted octanol–water partition coefficient (Wildman–Crippen LogP) is 3.78. The van der Waals surface area contributed by atoms with Crippen molar-refractivity contribution >= 4 is 27.5 Å². The monoisotopic (exact) mass is 475 g/mol. The van der Waals surface area contributed by atoms with Crippen LogP contribution in [0.4, 0.5) is 0 Å². The topological polar surface area (TPSA) is 60.9 Å². The highest BCUT2D eigenvalue weighted by Crippen LogP contribution is 2.26. The maximum Gasteiger partial charge on any atom is 0.255 e. The molecular weight excluding hydrogens is 446 g/mol. The lowest BCUT2D eigenvalue weighted by molar-refractivity contribution is 0.0628. The first-order chi connectivity index (χ1) is 15.4. The molecule has 0 aliphatic carbocycles. The number of piperazine rings is 1. The van der Waals surface area contributed by atoms with Gasteiger partial charge in [0.1, 0.15) is 0 Å². The second kappa shape index (κ2) is 9.91. The Kier molecular flexibility index (Phi) is 7.20. The standard InChI is InChI=1S/C24H30ClN3O3S/c1-19-7-3-4-8-20(19)18-26-13-15-27(16-14-26)24(29)22-17-21(9-10-23(22)25)32(30,31)28-11-5-2-6-12-28/h3-4,7-10,17H,2,5-6,11-16,18H2,1H3. The van der Waals surface area contributed by atoms with Gasteiger partial charge in [-0.15, -0.1) is 0 Å². The number of hydrogen-bond donors (Lipinski definition) is 0. The van der Waals surface area contributed by atoms with E-state index in [0.717, 1.165) is 38.9 Å². The zero-order valence-corrected chi connectivity index (χ0v) is 20.0. The van der Waals surface area contributed by atoms with Crippen LogP contribution >= 0.6 is 11.6 Å². The van der Waals surface area contributed by atoms with Crippen molar-refractivity contribution < 1.29 is 13.2 Å². The SMILES string of the molecule is Cc1ccccc1CN1CCN(C(=O)c2cc(S(=O)(=O)N3CCCCC3)ccc2Cl)CC1. The van der Waals surface area contributed by atoms with Crippen molar-refractivity contribution in [3.8, 4) is 0 Å². The van der Waals surface area contributed by atoms with Crippen LogP contribution in [0.2, 0.25) is 5.02 Å². The number of aryl methyl sites for hydroxylation is 1. The van der Waals surface area contributed by atoms with Crippen molar-refractivity contribution in [1.82, 2.24) is 14.1 Å². The van der Waals surface area contributed by atoms with Gasteiger partial charge in [0.05, 0.1) is 15.5 Å². The molecule has 8 heteroatoms. The van der Waals surface area contributed by atoms with E-state index in [9.17, 15) is 13.2 Å². The van der Waals surface area contributed by atoms with E-state index in [1.165, 1.54) is 33.6 Å². The number of carbonyl (C=O) groups excluding carboxylic acids is 1. The Hall–Kier alpha value is -1.93. The maximum absolute atomic E-state index is 13.2. The van der Waals surface area contributed by atoms with E-state index in [1.807, 2.05) is 6.07 Å². The number of rotatable bonds is 5. The van der Waals surface area contributed by atoms with E-state index in [1.54, 1.807) is 4.90 Å². The Labute approximate surface area is 195 Å². The van der Waals surface area contributed by atoms with Crippen LogP contribution in [0.5, 0.6) is 0 Å². The average molecular weight is 476 g/mol. The highest BCUT2D eigenvalue weighted by molar-refractivity contribution is 7.89. The van der Waals surface area contributed by atoms with Crippen LogP contribution in [-0.2, 0) is 16.6 Å². The molecule has 2 fully saturated rings. The summed E-state index contributed by atoms with van der Waals surface area (Å²) in [6, 6.07) is 12.8. The van der Waals surface area contributed by atoms with Gasteiger partial charge >= 0.3 is 0 Å². The van der Waals surface area contributed by atoms with Gasteiger partial charge in [0.25, 0.3) is 5.91 Å². The minimum Gasteiger partial charge on any atom is -0.336 e. The molecule has 2 aromatic carbocycles. The third kappa shape index (κ3) is 5.01. The number of benzene rings is 2. The largest absolute Gasteiger partial charge is 0.336 e. The van der Waals surface area contributed by atoms with Gasteiger partial charge in [0.15, 0.2) is 0 Å². The van der Waals surface area contributed by atoms with E-state index in [0.29, 0.717) is 26.2 Å². The van der Waals surface area contributed by atoms with Crippen molar-refractivity contribution in [2.45, 2.75) is 37.6 Å². The molecule has 2 aliphatic rings. The van der Waals surface area contributed by atoms with E-state index >= 15 is 0 Å². The first-order valence-corrected chi connectivity index (χ1v) is 13.0. The van der Waals surface area contributed by atoms with Crippen LogP contribution in [0, 0.1) is 6.92 Å². The fraction of sp³-hybridized carbons (Fsp3) is 0.458. The summed E-state index contributed by atoms with van der Waals surface area (Å²) in [4.78, 5) is 17.5. The normalized spacial score (nSPS) is 18.6. The molecule has 0 N–H and O–H groups in total. The molecule has 0 atom stereocenters. The van der Waals surface area contributed by atoms with E-state index in [4.69, 9.17) is 11.6 Å². The van der Waals surface area contributed by atoms with Crippen LogP contribution in [0.1, 0.15) is 40.7 Å². The summed E-state index contributed by atoms with van der Waals surface area (Å²) in [5.74, 6) is -0.207. The van der Waals surface area contributed by atoms with Crippen molar-refractivity contribution in [2.75, 3.05) is 39.3 Å². The molecule has 32 heavy (non-hydrogen) atoms. The summed E-state index contributed by atoms with van der Waals surface area (Å²) in [7, 11) is -3.62. The van der Waals surface area contributed by atoms with E-state index < -0.39 is 10.0 Å². The maximum atomic E-state index is 13.2. The smallest absolute Gasteiger partial charge is 0.255 e. The second-order valence-electron chi connectivity index (χ2n) is 8.60. The van der Waals surface area contributed by atoms with Gasteiger partial charge in [0, 0.05) is 45.8 Å². The Balaban J connectivity index is 1.44. The summed E-state index contributed by atoms with van der Waals surface area (Å²) in [5, 5.41) is 0.287. The van der Waals surface area contributed by atoms with Crippen molar-refractivity contribution in [3.63, 3.8) is 0 Å². The minimum atomic E-state index is -3.62. The van der Waals surface area contributed by atoms with Gasteiger partial charge in [-0.05, 0) is 49.1 Å². The molecule has 0 aromatic heterocycles.